The molecule has 2 N–H and O–H groups in total. The minimum atomic E-state index is -3.80. The Labute approximate surface area is 162 Å². The summed E-state index contributed by atoms with van der Waals surface area (Å²) in [5.74, 6) is 0.305. The summed E-state index contributed by atoms with van der Waals surface area (Å²) in [6, 6.07) is 11.9. The van der Waals surface area contributed by atoms with E-state index in [0.717, 1.165) is 11.3 Å². The van der Waals surface area contributed by atoms with Crippen LogP contribution >= 0.6 is 0 Å². The highest BCUT2D eigenvalue weighted by atomic mass is 32.2. The highest BCUT2D eigenvalue weighted by molar-refractivity contribution is 7.92. The van der Waals surface area contributed by atoms with E-state index in [2.05, 4.69) is 20.1 Å². The molecule has 0 saturated carbocycles. The third-order valence-electron chi connectivity index (χ3n) is 4.50. The molecule has 0 unspecified atom stereocenters. The van der Waals surface area contributed by atoms with Crippen molar-refractivity contribution in [3.63, 3.8) is 0 Å². The number of carbonyl (C=O) groups excluding carboxylic acids is 1. The molecule has 1 aromatic carbocycles. The van der Waals surface area contributed by atoms with Gasteiger partial charge in [0.15, 0.2) is 0 Å². The van der Waals surface area contributed by atoms with Crippen molar-refractivity contribution in [3.8, 4) is 0 Å². The van der Waals surface area contributed by atoms with Crippen molar-refractivity contribution in [3.05, 3.63) is 66.1 Å². The van der Waals surface area contributed by atoms with Gasteiger partial charge in [-0.3, -0.25) is 14.5 Å². The fourth-order valence-corrected chi connectivity index (χ4v) is 4.22. The van der Waals surface area contributed by atoms with Gasteiger partial charge >= 0.3 is 0 Å². The third-order valence-corrected chi connectivity index (χ3v) is 5.86. The number of nitrogens with zero attached hydrogens (tertiary/aromatic N) is 3. The number of aryl methyl sites for hydroxylation is 1. The molecule has 0 aliphatic carbocycles. The highest BCUT2D eigenvalue weighted by Gasteiger charge is 2.20. The van der Waals surface area contributed by atoms with Gasteiger partial charge in [0.25, 0.3) is 10.0 Å². The topological polar surface area (TPSA) is 106 Å². The third kappa shape index (κ3) is 3.89. The van der Waals surface area contributed by atoms with Crippen LogP contribution in [0, 0.1) is 0 Å². The molecule has 8 nitrogen and oxygen atoms in total. The van der Waals surface area contributed by atoms with Gasteiger partial charge in [-0.05, 0) is 48.7 Å². The number of benzene rings is 1. The van der Waals surface area contributed by atoms with Crippen molar-refractivity contribution in [2.75, 3.05) is 10.0 Å². The smallest absolute Gasteiger partial charge is 0.263 e. The first-order chi connectivity index (χ1) is 13.5. The van der Waals surface area contributed by atoms with E-state index in [4.69, 9.17) is 0 Å². The van der Waals surface area contributed by atoms with E-state index in [0.29, 0.717) is 37.3 Å². The minimum absolute atomic E-state index is 0.0501. The van der Waals surface area contributed by atoms with Crippen molar-refractivity contribution >= 4 is 27.4 Å². The van der Waals surface area contributed by atoms with E-state index in [1.807, 2.05) is 18.2 Å². The molecular weight excluding hydrogens is 378 g/mol. The molecule has 0 spiro atoms. The number of hydrogen-bond donors (Lipinski definition) is 2. The molecule has 2 aromatic heterocycles. The van der Waals surface area contributed by atoms with E-state index in [1.54, 1.807) is 29.1 Å². The van der Waals surface area contributed by atoms with Crippen LogP contribution in [0.1, 0.15) is 24.1 Å². The normalized spacial score (nSPS) is 14.1. The molecule has 28 heavy (non-hydrogen) atoms. The molecule has 9 heteroatoms. The van der Waals surface area contributed by atoms with Gasteiger partial charge in [0.05, 0.1) is 23.3 Å². The number of hydrogen-bond acceptors (Lipinski definition) is 5. The Balaban J connectivity index is 1.58. The second-order valence-electron chi connectivity index (χ2n) is 6.52. The van der Waals surface area contributed by atoms with Crippen molar-refractivity contribution < 1.29 is 13.2 Å². The average Bonchev–Trinajstić information content (AvgIpc) is 2.99. The first-order valence-electron chi connectivity index (χ1n) is 8.88. The second-order valence-corrected chi connectivity index (χ2v) is 8.20. The number of rotatable bonds is 5. The number of aromatic nitrogens is 3. The predicted octanol–water partition coefficient (Wildman–Crippen LogP) is 2.40. The standard InChI is InChI=1S/C19H19N5O3S/c25-19-6-3-4-14-12-16(7-8-17(14)22-19)28(26,27)23-18-9-11-21-24(18)13-15-5-1-2-10-20-15/h1-2,5,7-12,23H,3-4,6,13H2,(H,22,25). The quantitative estimate of drug-likeness (QED) is 0.688. The van der Waals surface area contributed by atoms with Gasteiger partial charge in [-0.2, -0.15) is 5.10 Å². The van der Waals surface area contributed by atoms with Gasteiger partial charge in [0.1, 0.15) is 5.82 Å². The van der Waals surface area contributed by atoms with Crippen LogP contribution in [0.25, 0.3) is 0 Å². The lowest BCUT2D eigenvalue weighted by Gasteiger charge is -2.13. The van der Waals surface area contributed by atoms with Crippen LogP contribution in [0.3, 0.4) is 0 Å². The lowest BCUT2D eigenvalue weighted by atomic mass is 10.1. The van der Waals surface area contributed by atoms with E-state index >= 15 is 0 Å². The Morgan fingerprint density at radius 2 is 2.00 bits per heavy atom. The average molecular weight is 397 g/mol. The lowest BCUT2D eigenvalue weighted by molar-refractivity contribution is -0.116. The number of anilines is 2. The molecule has 3 aromatic rings. The minimum Gasteiger partial charge on any atom is -0.326 e. The van der Waals surface area contributed by atoms with Crippen LogP contribution in [0.15, 0.2) is 59.8 Å². The summed E-state index contributed by atoms with van der Waals surface area (Å²) in [6.45, 7) is 0.349. The van der Waals surface area contributed by atoms with Crippen molar-refractivity contribution in [1.82, 2.24) is 14.8 Å². The maximum Gasteiger partial charge on any atom is 0.263 e. The van der Waals surface area contributed by atoms with Crippen LogP contribution in [-0.4, -0.2) is 29.1 Å². The molecule has 1 aliphatic rings. The van der Waals surface area contributed by atoms with Crippen LogP contribution < -0.4 is 10.0 Å². The summed E-state index contributed by atoms with van der Waals surface area (Å²) in [5.41, 5.74) is 2.25. The zero-order valence-corrected chi connectivity index (χ0v) is 15.8. The Morgan fingerprint density at radius 1 is 1.11 bits per heavy atom. The second kappa shape index (κ2) is 7.43. The van der Waals surface area contributed by atoms with Gasteiger partial charge in [-0.25, -0.2) is 13.1 Å². The van der Waals surface area contributed by atoms with E-state index in [1.165, 1.54) is 12.3 Å². The number of pyridine rings is 1. The van der Waals surface area contributed by atoms with Crippen LogP contribution in [0.4, 0.5) is 11.5 Å². The van der Waals surface area contributed by atoms with Gasteiger partial charge < -0.3 is 5.32 Å². The fraction of sp³-hybridized carbons (Fsp3) is 0.211. The maximum absolute atomic E-state index is 12.9. The van der Waals surface area contributed by atoms with Crippen LogP contribution in [0.5, 0.6) is 0 Å². The molecule has 4 rings (SSSR count). The summed E-state index contributed by atoms with van der Waals surface area (Å²) in [4.78, 5) is 16.1. The predicted molar refractivity (Wildman–Crippen MR) is 104 cm³/mol. The van der Waals surface area contributed by atoms with E-state index in [-0.39, 0.29) is 10.8 Å². The molecule has 0 atom stereocenters. The van der Waals surface area contributed by atoms with E-state index < -0.39 is 10.0 Å². The Bertz CT molecular complexity index is 1110. The summed E-state index contributed by atoms with van der Waals surface area (Å²) in [5, 5.41) is 6.99. The summed E-state index contributed by atoms with van der Waals surface area (Å²) < 4.78 is 29.9. The zero-order valence-electron chi connectivity index (χ0n) is 15.0. The summed E-state index contributed by atoms with van der Waals surface area (Å²) >= 11 is 0. The SMILES string of the molecule is O=C1CCCc2cc(S(=O)(=O)Nc3ccnn3Cc3ccccn3)ccc2N1. The van der Waals surface area contributed by atoms with Crippen molar-refractivity contribution in [2.45, 2.75) is 30.7 Å². The molecule has 0 bridgehead atoms. The Kier molecular flexibility index (Phi) is 4.82. The fourth-order valence-electron chi connectivity index (χ4n) is 3.11. The maximum atomic E-state index is 12.9. The monoisotopic (exact) mass is 397 g/mol. The Morgan fingerprint density at radius 3 is 2.82 bits per heavy atom. The molecule has 0 radical (unpaired) electrons. The highest BCUT2D eigenvalue weighted by Crippen LogP contribution is 2.26. The number of amides is 1. The Hall–Kier alpha value is -3.20. The van der Waals surface area contributed by atoms with Crippen molar-refractivity contribution in [2.24, 2.45) is 0 Å². The van der Waals surface area contributed by atoms with Crippen molar-refractivity contribution in [1.29, 1.82) is 0 Å². The molecule has 1 aliphatic heterocycles. The largest absolute Gasteiger partial charge is 0.326 e. The van der Waals surface area contributed by atoms with E-state index in [9.17, 15) is 13.2 Å². The molecule has 144 valence electrons. The van der Waals surface area contributed by atoms with Crippen LogP contribution in [0.2, 0.25) is 0 Å². The zero-order chi connectivity index (χ0) is 19.6. The van der Waals surface area contributed by atoms with Gasteiger partial charge in [-0.15, -0.1) is 0 Å². The molecule has 1 amide bonds. The molecule has 3 heterocycles. The number of carbonyl (C=O) groups is 1. The number of nitrogens with one attached hydrogen (secondary N) is 2. The van der Waals surface area contributed by atoms with Gasteiger partial charge in [0.2, 0.25) is 5.91 Å². The number of sulfonamides is 1. The number of fused-ring (bicyclic) bond motifs is 1. The molecule has 0 saturated heterocycles. The first kappa shape index (κ1) is 18.2. The summed E-state index contributed by atoms with van der Waals surface area (Å²) in [7, 11) is -3.80. The molecule has 0 fully saturated rings. The first-order valence-corrected chi connectivity index (χ1v) is 10.4. The molecular formula is C19H19N5O3S. The van der Waals surface area contributed by atoms with Gasteiger partial charge in [-0.1, -0.05) is 6.07 Å². The summed E-state index contributed by atoms with van der Waals surface area (Å²) in [6.07, 6.45) is 4.98. The lowest BCUT2D eigenvalue weighted by Crippen LogP contribution is -2.17. The van der Waals surface area contributed by atoms with Gasteiger partial charge in [0, 0.05) is 24.4 Å². The van der Waals surface area contributed by atoms with Crippen LogP contribution in [-0.2, 0) is 27.8 Å².